The average molecular weight is 459 g/mol. The molecular formula is C24H27ClN2O3S. The molecule has 1 aromatic carbocycles. The molecule has 0 bridgehead atoms. The van der Waals surface area contributed by atoms with Gasteiger partial charge < -0.3 is 15.2 Å². The summed E-state index contributed by atoms with van der Waals surface area (Å²) in [4.78, 5) is 17.2. The van der Waals surface area contributed by atoms with E-state index in [1.54, 1.807) is 17.5 Å². The number of rotatable bonds is 8. The van der Waals surface area contributed by atoms with Crippen LogP contribution in [0.4, 0.5) is 4.79 Å². The highest BCUT2D eigenvalue weighted by atomic mass is 35.5. The molecule has 0 aliphatic carbocycles. The Morgan fingerprint density at radius 1 is 1.35 bits per heavy atom. The fraction of sp³-hybridized carbons (Fsp3) is 0.417. The summed E-state index contributed by atoms with van der Waals surface area (Å²) in [5.41, 5.74) is 8.58. The fourth-order valence-corrected chi connectivity index (χ4v) is 5.60. The summed E-state index contributed by atoms with van der Waals surface area (Å²) in [5, 5.41) is 0.723. The second kappa shape index (κ2) is 9.98. The van der Waals surface area contributed by atoms with E-state index in [2.05, 4.69) is 42.2 Å². The largest absolute Gasteiger partial charge is 0.443 e. The SMILES string of the molecule is CCCCC(c1ccc(-c2cc3nccc(Cl)c3s2)cc1)C(OC(N)=O)C1CCCO1. The van der Waals surface area contributed by atoms with Gasteiger partial charge in [-0.2, -0.15) is 0 Å². The molecule has 3 heterocycles. The standard InChI is InChI=1S/C24H27ClN2O3S/c1-2-3-5-17(22(30-24(26)28)20-6-4-13-29-20)15-7-9-16(10-8-15)21-14-19-23(31-21)18(25)11-12-27-19/h7-12,14,17,20,22H,2-6,13H2,1H3,(H2,26,28). The summed E-state index contributed by atoms with van der Waals surface area (Å²) < 4.78 is 12.5. The molecule has 31 heavy (non-hydrogen) atoms. The van der Waals surface area contributed by atoms with Crippen molar-refractivity contribution in [2.75, 3.05) is 6.61 Å². The first kappa shape index (κ1) is 22.1. The maximum Gasteiger partial charge on any atom is 0.404 e. The van der Waals surface area contributed by atoms with Crippen LogP contribution in [0.25, 0.3) is 20.7 Å². The third-order valence-electron chi connectivity index (χ3n) is 5.84. The van der Waals surface area contributed by atoms with Crippen LogP contribution in [0, 0.1) is 0 Å². The number of halogens is 1. The van der Waals surface area contributed by atoms with Crippen LogP contribution in [0.15, 0.2) is 42.6 Å². The van der Waals surface area contributed by atoms with Gasteiger partial charge >= 0.3 is 6.09 Å². The number of pyridine rings is 1. The monoisotopic (exact) mass is 458 g/mol. The summed E-state index contributed by atoms with van der Waals surface area (Å²) in [6.07, 6.45) is 5.39. The normalized spacial score (nSPS) is 18.2. The van der Waals surface area contributed by atoms with Gasteiger partial charge in [0.2, 0.25) is 0 Å². The molecule has 1 saturated heterocycles. The Morgan fingerprint density at radius 3 is 2.81 bits per heavy atom. The summed E-state index contributed by atoms with van der Waals surface area (Å²) in [7, 11) is 0. The molecule has 0 saturated carbocycles. The van der Waals surface area contributed by atoms with E-state index < -0.39 is 6.09 Å². The van der Waals surface area contributed by atoms with Crippen LogP contribution in [0.5, 0.6) is 0 Å². The van der Waals surface area contributed by atoms with Crippen LogP contribution in [-0.4, -0.2) is 29.9 Å². The molecule has 7 heteroatoms. The van der Waals surface area contributed by atoms with E-state index >= 15 is 0 Å². The molecule has 0 spiro atoms. The number of unbranched alkanes of at least 4 members (excludes halogenated alkanes) is 1. The van der Waals surface area contributed by atoms with Gasteiger partial charge in [0.25, 0.3) is 0 Å². The first-order chi connectivity index (χ1) is 15.1. The van der Waals surface area contributed by atoms with Crippen LogP contribution >= 0.6 is 22.9 Å². The number of nitrogens with zero attached hydrogens (tertiary/aromatic N) is 1. The van der Waals surface area contributed by atoms with E-state index in [1.807, 2.05) is 6.07 Å². The predicted molar refractivity (Wildman–Crippen MR) is 126 cm³/mol. The molecule has 1 amide bonds. The number of carbonyl (C=O) groups is 1. The van der Waals surface area contributed by atoms with E-state index in [-0.39, 0.29) is 18.1 Å². The number of amides is 1. The molecule has 4 rings (SSSR count). The summed E-state index contributed by atoms with van der Waals surface area (Å²) >= 11 is 7.96. The zero-order chi connectivity index (χ0) is 21.8. The van der Waals surface area contributed by atoms with Crippen molar-refractivity contribution in [1.29, 1.82) is 0 Å². The first-order valence-electron chi connectivity index (χ1n) is 10.8. The molecule has 1 fully saturated rings. The topological polar surface area (TPSA) is 74.4 Å². The molecule has 0 radical (unpaired) electrons. The molecule has 5 nitrogen and oxygen atoms in total. The lowest BCUT2D eigenvalue weighted by Gasteiger charge is -2.31. The summed E-state index contributed by atoms with van der Waals surface area (Å²) in [6, 6.07) is 12.4. The Bertz CT molecular complexity index is 1030. The van der Waals surface area contributed by atoms with Gasteiger partial charge in [-0.1, -0.05) is 55.6 Å². The summed E-state index contributed by atoms with van der Waals surface area (Å²) in [5.74, 6) is 0.0446. The minimum absolute atomic E-state index is 0.0446. The summed E-state index contributed by atoms with van der Waals surface area (Å²) in [6.45, 7) is 2.86. The van der Waals surface area contributed by atoms with Crippen molar-refractivity contribution in [1.82, 2.24) is 4.98 Å². The van der Waals surface area contributed by atoms with E-state index in [9.17, 15) is 4.79 Å². The number of aromatic nitrogens is 1. The van der Waals surface area contributed by atoms with Crippen molar-refractivity contribution in [3.63, 3.8) is 0 Å². The van der Waals surface area contributed by atoms with Crippen LogP contribution < -0.4 is 5.73 Å². The van der Waals surface area contributed by atoms with Gasteiger partial charge in [-0.3, -0.25) is 4.98 Å². The molecule has 2 N–H and O–H groups in total. The Kier molecular flexibility index (Phi) is 7.10. The van der Waals surface area contributed by atoms with Crippen molar-refractivity contribution in [3.05, 3.63) is 53.2 Å². The fourth-order valence-electron chi connectivity index (χ4n) is 4.30. The molecule has 2 aromatic heterocycles. The number of carbonyl (C=O) groups excluding carboxylic acids is 1. The van der Waals surface area contributed by atoms with E-state index in [0.717, 1.165) is 63.3 Å². The Labute approximate surface area is 191 Å². The van der Waals surface area contributed by atoms with Gasteiger partial charge in [0.05, 0.1) is 21.3 Å². The van der Waals surface area contributed by atoms with Crippen LogP contribution in [-0.2, 0) is 9.47 Å². The highest BCUT2D eigenvalue weighted by Gasteiger charge is 2.36. The number of hydrogen-bond donors (Lipinski definition) is 1. The lowest BCUT2D eigenvalue weighted by molar-refractivity contribution is -0.0250. The van der Waals surface area contributed by atoms with Crippen LogP contribution in [0.3, 0.4) is 0 Å². The lowest BCUT2D eigenvalue weighted by Crippen LogP contribution is -2.38. The number of benzene rings is 1. The number of ether oxygens (including phenoxy) is 2. The zero-order valence-corrected chi connectivity index (χ0v) is 19.1. The van der Waals surface area contributed by atoms with E-state index in [4.69, 9.17) is 26.8 Å². The Morgan fingerprint density at radius 2 is 2.16 bits per heavy atom. The highest BCUT2D eigenvalue weighted by Crippen LogP contribution is 2.38. The van der Waals surface area contributed by atoms with Gasteiger partial charge in [0.1, 0.15) is 6.10 Å². The minimum atomic E-state index is -0.742. The maximum atomic E-state index is 11.7. The zero-order valence-electron chi connectivity index (χ0n) is 17.6. The predicted octanol–water partition coefficient (Wildman–Crippen LogP) is 6.53. The van der Waals surface area contributed by atoms with E-state index in [0.29, 0.717) is 6.61 Å². The number of fused-ring (bicyclic) bond motifs is 1. The van der Waals surface area contributed by atoms with Gasteiger partial charge in [-0.15, -0.1) is 11.3 Å². The Balaban J connectivity index is 1.63. The van der Waals surface area contributed by atoms with Gasteiger partial charge in [-0.25, -0.2) is 4.79 Å². The van der Waals surface area contributed by atoms with Crippen LogP contribution in [0.1, 0.15) is 50.5 Å². The highest BCUT2D eigenvalue weighted by molar-refractivity contribution is 7.22. The molecule has 164 valence electrons. The first-order valence-corrected chi connectivity index (χ1v) is 12.0. The second-order valence-corrected chi connectivity index (χ2v) is 9.40. The third kappa shape index (κ3) is 5.03. The molecule has 3 atom stereocenters. The minimum Gasteiger partial charge on any atom is -0.443 e. The Hall–Kier alpha value is -2.15. The van der Waals surface area contributed by atoms with Crippen LogP contribution in [0.2, 0.25) is 5.02 Å². The average Bonchev–Trinajstić information content (AvgIpc) is 3.44. The molecular weight excluding hydrogens is 432 g/mol. The molecule has 1 aliphatic heterocycles. The van der Waals surface area contributed by atoms with Crippen molar-refractivity contribution >= 4 is 39.2 Å². The second-order valence-electron chi connectivity index (χ2n) is 7.94. The molecule has 1 aliphatic rings. The van der Waals surface area contributed by atoms with Crippen molar-refractivity contribution in [2.45, 2.75) is 57.2 Å². The van der Waals surface area contributed by atoms with Gasteiger partial charge in [0.15, 0.2) is 0 Å². The van der Waals surface area contributed by atoms with Gasteiger partial charge in [-0.05, 0) is 42.5 Å². The van der Waals surface area contributed by atoms with E-state index in [1.165, 1.54) is 0 Å². The number of nitrogens with two attached hydrogens (primary N) is 1. The number of thiophene rings is 1. The van der Waals surface area contributed by atoms with Crippen molar-refractivity contribution in [3.8, 4) is 10.4 Å². The lowest BCUT2D eigenvalue weighted by atomic mass is 9.85. The van der Waals surface area contributed by atoms with Crippen molar-refractivity contribution in [2.24, 2.45) is 5.73 Å². The van der Waals surface area contributed by atoms with Gasteiger partial charge in [0, 0.05) is 23.6 Å². The smallest absolute Gasteiger partial charge is 0.404 e. The van der Waals surface area contributed by atoms with Crippen molar-refractivity contribution < 1.29 is 14.3 Å². The quantitative estimate of drug-likeness (QED) is 0.416. The number of hydrogen-bond acceptors (Lipinski definition) is 5. The number of primary amides is 1. The maximum absolute atomic E-state index is 11.7. The molecule has 3 unspecified atom stereocenters. The molecule has 3 aromatic rings. The third-order valence-corrected chi connectivity index (χ3v) is 7.47.